The zero-order valence-electron chi connectivity index (χ0n) is 12.7. The molecule has 1 atom stereocenters. The van der Waals surface area contributed by atoms with Crippen LogP contribution in [0.5, 0.6) is 5.75 Å². The lowest BCUT2D eigenvalue weighted by Gasteiger charge is -2.17. The summed E-state index contributed by atoms with van der Waals surface area (Å²) in [6.07, 6.45) is 3.04. The van der Waals surface area contributed by atoms with E-state index < -0.39 is 0 Å². The Balaban J connectivity index is 2.06. The van der Waals surface area contributed by atoms with Gasteiger partial charge in [-0.25, -0.2) is 0 Å². The Hall–Kier alpha value is -1.81. The molecule has 1 aromatic carbocycles. The van der Waals surface area contributed by atoms with Crippen LogP contribution in [0.15, 0.2) is 30.5 Å². The van der Waals surface area contributed by atoms with Gasteiger partial charge in [-0.1, -0.05) is 25.1 Å². The van der Waals surface area contributed by atoms with E-state index >= 15 is 0 Å². The van der Waals surface area contributed by atoms with Gasteiger partial charge in [0.05, 0.1) is 12.8 Å². The van der Waals surface area contributed by atoms with Gasteiger partial charge in [-0.05, 0) is 19.4 Å². The van der Waals surface area contributed by atoms with Crippen molar-refractivity contribution in [3.63, 3.8) is 0 Å². The molecule has 0 aliphatic rings. The number of nitrogens with zero attached hydrogens (tertiary/aromatic N) is 2. The summed E-state index contributed by atoms with van der Waals surface area (Å²) in [7, 11) is 3.67. The van der Waals surface area contributed by atoms with E-state index in [1.54, 1.807) is 7.11 Å². The van der Waals surface area contributed by atoms with Crippen molar-refractivity contribution in [2.75, 3.05) is 7.11 Å². The van der Waals surface area contributed by atoms with E-state index in [9.17, 15) is 0 Å². The zero-order valence-corrected chi connectivity index (χ0v) is 12.7. The summed E-state index contributed by atoms with van der Waals surface area (Å²) >= 11 is 0. The second kappa shape index (κ2) is 6.57. The van der Waals surface area contributed by atoms with Crippen LogP contribution >= 0.6 is 0 Å². The summed E-state index contributed by atoms with van der Waals surface area (Å²) in [6.45, 7) is 5.10. The van der Waals surface area contributed by atoms with Gasteiger partial charge in [0.25, 0.3) is 0 Å². The van der Waals surface area contributed by atoms with Crippen molar-refractivity contribution < 1.29 is 4.74 Å². The van der Waals surface area contributed by atoms with E-state index in [1.165, 1.54) is 11.1 Å². The van der Waals surface area contributed by atoms with Crippen LogP contribution in [0.1, 0.15) is 36.7 Å². The number of methoxy groups -OCH3 is 1. The summed E-state index contributed by atoms with van der Waals surface area (Å²) in [5.41, 5.74) is 3.60. The second-order valence-electron chi connectivity index (χ2n) is 4.97. The largest absolute Gasteiger partial charge is 0.496 e. The monoisotopic (exact) mass is 273 g/mol. The van der Waals surface area contributed by atoms with Gasteiger partial charge in [0.1, 0.15) is 5.75 Å². The molecule has 1 heterocycles. The van der Waals surface area contributed by atoms with E-state index in [0.29, 0.717) is 0 Å². The Bertz CT molecular complexity index is 563. The zero-order chi connectivity index (χ0) is 14.5. The van der Waals surface area contributed by atoms with Crippen molar-refractivity contribution in [1.29, 1.82) is 0 Å². The Morgan fingerprint density at radius 2 is 2.10 bits per heavy atom. The van der Waals surface area contributed by atoms with Gasteiger partial charge in [-0.2, -0.15) is 5.10 Å². The Labute approximate surface area is 120 Å². The molecule has 0 saturated heterocycles. The molecule has 0 aliphatic carbocycles. The number of benzene rings is 1. The third-order valence-electron chi connectivity index (χ3n) is 3.53. The molecule has 1 N–H and O–H groups in total. The fourth-order valence-corrected chi connectivity index (χ4v) is 2.43. The van der Waals surface area contributed by atoms with Gasteiger partial charge in [0.2, 0.25) is 0 Å². The average Bonchev–Trinajstić information content (AvgIpc) is 2.84. The summed E-state index contributed by atoms with van der Waals surface area (Å²) in [4.78, 5) is 0. The van der Waals surface area contributed by atoms with Gasteiger partial charge in [0.15, 0.2) is 0 Å². The lowest BCUT2D eigenvalue weighted by molar-refractivity contribution is 0.401. The molecule has 4 nitrogen and oxygen atoms in total. The summed E-state index contributed by atoms with van der Waals surface area (Å²) in [5.74, 6) is 0.925. The Morgan fingerprint density at radius 1 is 1.35 bits per heavy atom. The lowest BCUT2D eigenvalue weighted by Crippen LogP contribution is -2.19. The van der Waals surface area contributed by atoms with Crippen LogP contribution in [-0.2, 0) is 20.0 Å². The van der Waals surface area contributed by atoms with Gasteiger partial charge in [0, 0.05) is 37.0 Å². The molecule has 2 aromatic rings. The minimum atomic E-state index is 0.232. The maximum atomic E-state index is 5.41. The highest BCUT2D eigenvalue weighted by Crippen LogP contribution is 2.24. The number of aromatic nitrogens is 2. The third kappa shape index (κ3) is 3.20. The molecule has 20 heavy (non-hydrogen) atoms. The average molecular weight is 273 g/mol. The fourth-order valence-electron chi connectivity index (χ4n) is 2.43. The minimum absolute atomic E-state index is 0.232. The van der Waals surface area contributed by atoms with E-state index in [4.69, 9.17) is 4.74 Å². The normalized spacial score (nSPS) is 12.4. The molecular formula is C16H23N3O. The number of nitrogens with one attached hydrogen (secondary N) is 1. The first-order valence-electron chi connectivity index (χ1n) is 7.03. The Kier molecular flexibility index (Phi) is 4.79. The second-order valence-corrected chi connectivity index (χ2v) is 4.97. The first-order valence-corrected chi connectivity index (χ1v) is 7.03. The first-order chi connectivity index (χ1) is 9.65. The van der Waals surface area contributed by atoms with E-state index in [0.717, 1.165) is 24.4 Å². The van der Waals surface area contributed by atoms with Gasteiger partial charge >= 0.3 is 0 Å². The number of ether oxygens (including phenoxy) is 1. The minimum Gasteiger partial charge on any atom is -0.496 e. The maximum absolute atomic E-state index is 5.41. The van der Waals surface area contributed by atoms with Crippen molar-refractivity contribution in [2.45, 2.75) is 32.9 Å². The third-order valence-corrected chi connectivity index (χ3v) is 3.53. The predicted molar refractivity (Wildman–Crippen MR) is 80.8 cm³/mol. The van der Waals surface area contributed by atoms with Crippen molar-refractivity contribution >= 4 is 0 Å². The number of hydrogen-bond acceptors (Lipinski definition) is 3. The van der Waals surface area contributed by atoms with Crippen LogP contribution in [0, 0.1) is 0 Å². The molecular weight excluding hydrogens is 250 g/mol. The van der Waals surface area contributed by atoms with Crippen molar-refractivity contribution in [2.24, 2.45) is 7.05 Å². The van der Waals surface area contributed by atoms with Crippen LogP contribution in [0.2, 0.25) is 0 Å². The molecule has 4 heteroatoms. The van der Waals surface area contributed by atoms with Crippen LogP contribution in [0.25, 0.3) is 0 Å². The van der Waals surface area contributed by atoms with E-state index in [-0.39, 0.29) is 6.04 Å². The number of hydrogen-bond donors (Lipinski definition) is 1. The maximum Gasteiger partial charge on any atom is 0.123 e. The standard InChI is InChI=1S/C16H23N3O/c1-5-15-13(11-19(3)18-15)10-17-12(2)14-8-6-7-9-16(14)20-4/h6-9,11-12,17H,5,10H2,1-4H3. The van der Waals surface area contributed by atoms with Crippen LogP contribution in [0.4, 0.5) is 0 Å². The highest BCUT2D eigenvalue weighted by molar-refractivity contribution is 5.35. The first kappa shape index (κ1) is 14.6. The molecule has 2 rings (SSSR count). The van der Waals surface area contributed by atoms with Crippen LogP contribution < -0.4 is 10.1 Å². The van der Waals surface area contributed by atoms with Crippen LogP contribution in [-0.4, -0.2) is 16.9 Å². The molecule has 108 valence electrons. The van der Waals surface area contributed by atoms with Crippen molar-refractivity contribution in [3.05, 3.63) is 47.3 Å². The summed E-state index contributed by atoms with van der Waals surface area (Å²) in [6, 6.07) is 8.36. The molecule has 0 spiro atoms. The highest BCUT2D eigenvalue weighted by Gasteiger charge is 2.12. The summed E-state index contributed by atoms with van der Waals surface area (Å²) in [5, 5.41) is 8.01. The number of rotatable bonds is 6. The predicted octanol–water partition coefficient (Wildman–Crippen LogP) is 2.84. The molecule has 1 unspecified atom stereocenters. The van der Waals surface area contributed by atoms with E-state index in [2.05, 4.69) is 36.5 Å². The van der Waals surface area contributed by atoms with E-state index in [1.807, 2.05) is 29.9 Å². The SMILES string of the molecule is CCc1nn(C)cc1CNC(C)c1ccccc1OC. The van der Waals surface area contributed by atoms with Crippen LogP contribution in [0.3, 0.4) is 0 Å². The lowest BCUT2D eigenvalue weighted by atomic mass is 10.1. The summed E-state index contributed by atoms with van der Waals surface area (Å²) < 4.78 is 7.29. The molecule has 0 saturated carbocycles. The number of aryl methyl sites for hydroxylation is 2. The van der Waals surface area contributed by atoms with Crippen molar-refractivity contribution in [3.8, 4) is 5.75 Å². The van der Waals surface area contributed by atoms with Gasteiger partial charge in [-0.15, -0.1) is 0 Å². The highest BCUT2D eigenvalue weighted by atomic mass is 16.5. The van der Waals surface area contributed by atoms with Gasteiger partial charge in [-0.3, -0.25) is 4.68 Å². The molecule has 0 fully saturated rings. The Morgan fingerprint density at radius 3 is 2.80 bits per heavy atom. The smallest absolute Gasteiger partial charge is 0.123 e. The molecule has 0 aliphatic heterocycles. The fraction of sp³-hybridized carbons (Fsp3) is 0.438. The molecule has 0 radical (unpaired) electrons. The molecule has 0 bridgehead atoms. The molecule has 0 amide bonds. The van der Waals surface area contributed by atoms with Crippen molar-refractivity contribution in [1.82, 2.24) is 15.1 Å². The van der Waals surface area contributed by atoms with Gasteiger partial charge < -0.3 is 10.1 Å². The number of para-hydroxylation sites is 1. The quantitative estimate of drug-likeness (QED) is 0.879. The topological polar surface area (TPSA) is 39.1 Å². The molecule has 1 aromatic heterocycles.